The molecule has 0 radical (unpaired) electrons. The van der Waals surface area contributed by atoms with E-state index in [4.69, 9.17) is 10.2 Å². The minimum atomic E-state index is -3.49. The Balaban J connectivity index is 1.88. The van der Waals surface area contributed by atoms with Gasteiger partial charge in [-0.25, -0.2) is 8.42 Å². The second-order valence-electron chi connectivity index (χ2n) is 5.44. The predicted molar refractivity (Wildman–Crippen MR) is 70.9 cm³/mol. The Morgan fingerprint density at radius 1 is 1.26 bits per heavy atom. The zero-order valence-corrected chi connectivity index (χ0v) is 11.7. The van der Waals surface area contributed by atoms with Gasteiger partial charge in [0.2, 0.25) is 5.09 Å². The van der Waals surface area contributed by atoms with Crippen molar-refractivity contribution in [2.24, 2.45) is 11.7 Å². The molecule has 2 unspecified atom stereocenters. The first kappa shape index (κ1) is 13.1. The van der Waals surface area contributed by atoms with E-state index >= 15 is 0 Å². The van der Waals surface area contributed by atoms with Crippen LogP contribution in [-0.4, -0.2) is 25.3 Å². The molecule has 5 nitrogen and oxygen atoms in total. The third-order valence-corrected chi connectivity index (χ3v) is 6.16. The van der Waals surface area contributed by atoms with Crippen LogP contribution in [0, 0.1) is 5.92 Å². The molecule has 0 amide bonds. The monoisotopic (exact) mass is 284 g/mol. The van der Waals surface area contributed by atoms with Gasteiger partial charge in [0, 0.05) is 12.6 Å². The van der Waals surface area contributed by atoms with E-state index in [0.717, 1.165) is 25.7 Å². The molecule has 1 aliphatic heterocycles. The second-order valence-corrected chi connectivity index (χ2v) is 7.26. The summed E-state index contributed by atoms with van der Waals surface area (Å²) >= 11 is 0. The van der Waals surface area contributed by atoms with E-state index in [1.165, 1.54) is 12.5 Å². The number of sulfonamides is 1. The van der Waals surface area contributed by atoms with Gasteiger partial charge in [-0.1, -0.05) is 12.8 Å². The Labute approximate surface area is 113 Å². The molecule has 2 aliphatic rings. The van der Waals surface area contributed by atoms with E-state index in [1.807, 2.05) is 0 Å². The molecule has 6 heteroatoms. The van der Waals surface area contributed by atoms with Crippen LogP contribution in [-0.2, 0) is 16.6 Å². The van der Waals surface area contributed by atoms with E-state index in [1.54, 1.807) is 10.4 Å². The maximum Gasteiger partial charge on any atom is 0.276 e. The summed E-state index contributed by atoms with van der Waals surface area (Å²) in [6.07, 6.45) is 5.47. The molecule has 2 heterocycles. The molecule has 1 saturated carbocycles. The number of hydrogen-bond donors (Lipinski definition) is 1. The molecule has 3 rings (SSSR count). The topological polar surface area (TPSA) is 76.5 Å². The van der Waals surface area contributed by atoms with Crippen LogP contribution in [0.3, 0.4) is 0 Å². The number of rotatable bonds is 3. The third-order valence-electron chi connectivity index (χ3n) is 4.36. The fourth-order valence-corrected chi connectivity index (χ4v) is 5.05. The molecule has 106 valence electrons. The molecule has 1 aliphatic carbocycles. The molecular formula is C13H20N2O3S. The molecule has 1 aromatic rings. The lowest BCUT2D eigenvalue weighted by Crippen LogP contribution is -2.39. The van der Waals surface area contributed by atoms with Gasteiger partial charge in [0.15, 0.2) is 0 Å². The molecule has 2 N–H and O–H groups in total. The standard InChI is InChI=1S/C13H20N2O3S/c14-9-11-5-6-13(18-11)19(16,17)15-8-7-10-3-1-2-4-12(10)15/h5-6,10,12H,1-4,7-9,14H2. The van der Waals surface area contributed by atoms with Gasteiger partial charge >= 0.3 is 0 Å². The minimum Gasteiger partial charge on any atom is -0.447 e. The number of fused-ring (bicyclic) bond motifs is 1. The number of furan rings is 1. The first-order chi connectivity index (χ1) is 9.13. The maximum atomic E-state index is 12.6. The molecular weight excluding hydrogens is 264 g/mol. The molecule has 0 bridgehead atoms. The Bertz CT molecular complexity index is 552. The van der Waals surface area contributed by atoms with Crippen molar-refractivity contribution < 1.29 is 12.8 Å². The van der Waals surface area contributed by atoms with Crippen LogP contribution < -0.4 is 5.73 Å². The second kappa shape index (κ2) is 4.92. The van der Waals surface area contributed by atoms with E-state index in [9.17, 15) is 8.42 Å². The van der Waals surface area contributed by atoms with Gasteiger partial charge in [-0.3, -0.25) is 0 Å². The lowest BCUT2D eigenvalue weighted by molar-refractivity contribution is 0.255. The van der Waals surface area contributed by atoms with E-state index < -0.39 is 10.0 Å². The van der Waals surface area contributed by atoms with Gasteiger partial charge in [0.1, 0.15) is 5.76 Å². The van der Waals surface area contributed by atoms with Crippen LogP contribution in [0.1, 0.15) is 37.9 Å². The van der Waals surface area contributed by atoms with Crippen LogP contribution in [0.15, 0.2) is 21.6 Å². The quantitative estimate of drug-likeness (QED) is 0.916. The van der Waals surface area contributed by atoms with Crippen molar-refractivity contribution in [3.63, 3.8) is 0 Å². The largest absolute Gasteiger partial charge is 0.447 e. The van der Waals surface area contributed by atoms with Gasteiger partial charge in [-0.05, 0) is 37.3 Å². The Hall–Kier alpha value is -0.850. The van der Waals surface area contributed by atoms with Crippen molar-refractivity contribution in [1.82, 2.24) is 4.31 Å². The van der Waals surface area contributed by atoms with Crippen molar-refractivity contribution in [1.29, 1.82) is 0 Å². The Kier molecular flexibility index (Phi) is 3.41. The number of hydrogen-bond acceptors (Lipinski definition) is 4. The summed E-state index contributed by atoms with van der Waals surface area (Å²) in [7, 11) is -3.49. The number of nitrogens with zero attached hydrogens (tertiary/aromatic N) is 1. The van der Waals surface area contributed by atoms with Gasteiger partial charge in [0.05, 0.1) is 6.54 Å². The summed E-state index contributed by atoms with van der Waals surface area (Å²) in [6.45, 7) is 0.845. The zero-order valence-electron chi connectivity index (χ0n) is 10.9. The fourth-order valence-electron chi connectivity index (χ4n) is 3.38. The first-order valence-corrected chi connectivity index (χ1v) is 8.37. The molecule has 1 aromatic heterocycles. The summed E-state index contributed by atoms with van der Waals surface area (Å²) in [5.41, 5.74) is 5.46. The SMILES string of the molecule is NCc1ccc(S(=O)(=O)N2CCC3CCCCC32)o1. The normalized spacial score (nSPS) is 28.5. The maximum absolute atomic E-state index is 12.6. The highest BCUT2D eigenvalue weighted by molar-refractivity contribution is 7.89. The third kappa shape index (κ3) is 2.22. The Morgan fingerprint density at radius 3 is 2.79 bits per heavy atom. The number of nitrogens with two attached hydrogens (primary N) is 1. The molecule has 0 aromatic carbocycles. The molecule has 1 saturated heterocycles. The van der Waals surface area contributed by atoms with Gasteiger partial charge in [-0.15, -0.1) is 0 Å². The van der Waals surface area contributed by atoms with Crippen molar-refractivity contribution in [3.05, 3.63) is 17.9 Å². The Morgan fingerprint density at radius 2 is 2.05 bits per heavy atom. The van der Waals surface area contributed by atoms with Crippen molar-refractivity contribution in [3.8, 4) is 0 Å². The predicted octanol–water partition coefficient (Wildman–Crippen LogP) is 1.69. The van der Waals surface area contributed by atoms with Crippen LogP contribution in [0.25, 0.3) is 0 Å². The fraction of sp³-hybridized carbons (Fsp3) is 0.692. The van der Waals surface area contributed by atoms with Crippen LogP contribution in [0.4, 0.5) is 0 Å². The minimum absolute atomic E-state index is 0.0409. The highest BCUT2D eigenvalue weighted by atomic mass is 32.2. The lowest BCUT2D eigenvalue weighted by Gasteiger charge is -2.30. The average molecular weight is 284 g/mol. The van der Waals surface area contributed by atoms with Gasteiger partial charge in [0.25, 0.3) is 10.0 Å². The first-order valence-electron chi connectivity index (χ1n) is 6.93. The highest BCUT2D eigenvalue weighted by Crippen LogP contribution is 2.39. The highest BCUT2D eigenvalue weighted by Gasteiger charge is 2.43. The lowest BCUT2D eigenvalue weighted by atomic mass is 9.86. The van der Waals surface area contributed by atoms with E-state index in [-0.39, 0.29) is 17.7 Å². The van der Waals surface area contributed by atoms with Crippen molar-refractivity contribution in [2.75, 3.05) is 6.54 Å². The van der Waals surface area contributed by atoms with E-state index in [0.29, 0.717) is 18.2 Å². The molecule has 19 heavy (non-hydrogen) atoms. The molecule has 2 fully saturated rings. The summed E-state index contributed by atoms with van der Waals surface area (Å²) in [5, 5.41) is 0.0409. The van der Waals surface area contributed by atoms with Gasteiger partial charge < -0.3 is 10.2 Å². The summed E-state index contributed by atoms with van der Waals surface area (Å²) in [5.74, 6) is 1.05. The average Bonchev–Trinajstić information content (AvgIpc) is 3.06. The molecule has 0 spiro atoms. The van der Waals surface area contributed by atoms with Crippen LogP contribution in [0.2, 0.25) is 0 Å². The van der Waals surface area contributed by atoms with E-state index in [2.05, 4.69) is 0 Å². The zero-order chi connectivity index (χ0) is 13.5. The molecule has 2 atom stereocenters. The van der Waals surface area contributed by atoms with Crippen molar-refractivity contribution >= 4 is 10.0 Å². The van der Waals surface area contributed by atoms with Crippen molar-refractivity contribution in [2.45, 2.75) is 49.8 Å². The van der Waals surface area contributed by atoms with Crippen LogP contribution in [0.5, 0.6) is 0 Å². The summed E-state index contributed by atoms with van der Waals surface area (Å²) in [6, 6.07) is 3.33. The summed E-state index contributed by atoms with van der Waals surface area (Å²) in [4.78, 5) is 0. The van der Waals surface area contributed by atoms with Crippen LogP contribution >= 0.6 is 0 Å². The van der Waals surface area contributed by atoms with Gasteiger partial charge in [-0.2, -0.15) is 4.31 Å². The smallest absolute Gasteiger partial charge is 0.276 e. The summed E-state index contributed by atoms with van der Waals surface area (Å²) < 4.78 is 32.2.